The van der Waals surface area contributed by atoms with Crippen LogP contribution in [0.5, 0.6) is 0 Å². The summed E-state index contributed by atoms with van der Waals surface area (Å²) in [6.45, 7) is 0. The predicted octanol–water partition coefficient (Wildman–Crippen LogP) is 2.68. The van der Waals surface area contributed by atoms with Crippen LogP contribution < -0.4 is 5.32 Å². The first-order valence-corrected chi connectivity index (χ1v) is 5.24. The molecule has 0 heterocycles. The Morgan fingerprint density at radius 1 is 0.467 bits per heavy atom. The molecule has 0 aliphatic heterocycles. The van der Waals surface area contributed by atoms with E-state index in [0.717, 1.165) is 0 Å². The number of hydrogen-bond donors (Lipinski definition) is 1. The van der Waals surface area contributed by atoms with E-state index in [1.807, 2.05) is 24.3 Å². The fourth-order valence-corrected chi connectivity index (χ4v) is 1.56. The Labute approximate surface area is 90.9 Å². The highest BCUT2D eigenvalue weighted by Crippen LogP contribution is 2.02. The molecule has 0 radical (unpaired) electrons. The van der Waals surface area contributed by atoms with Gasteiger partial charge in [-0.3, -0.25) is 5.32 Å². The monoisotopic (exact) mass is 197 g/mol. The molecule has 0 atom stereocenters. The first-order valence-electron chi connectivity index (χ1n) is 5.24. The van der Waals surface area contributed by atoms with Crippen molar-refractivity contribution in [3.05, 3.63) is 72.9 Å². The molecule has 1 nitrogen and oxygen atoms in total. The second kappa shape index (κ2) is 5.32. The van der Waals surface area contributed by atoms with Gasteiger partial charge in [-0.15, -0.1) is 0 Å². The molecule has 76 valence electrons. The summed E-state index contributed by atoms with van der Waals surface area (Å²) in [5.74, 6) is 0. The molecular formula is C14H15N. The van der Waals surface area contributed by atoms with Crippen molar-refractivity contribution >= 4 is 0 Å². The Balaban J connectivity index is 1.97. The van der Waals surface area contributed by atoms with E-state index in [1.165, 1.54) is 0 Å². The molecule has 2 aliphatic carbocycles. The maximum Gasteiger partial charge on any atom is 0.0448 e. The minimum atomic E-state index is 0.303. The Bertz CT molecular complexity index is 299. The summed E-state index contributed by atoms with van der Waals surface area (Å²) in [7, 11) is 0. The summed E-state index contributed by atoms with van der Waals surface area (Å²) < 4.78 is 0. The molecule has 0 spiro atoms. The summed E-state index contributed by atoms with van der Waals surface area (Å²) in [5, 5.41) is 3.51. The third kappa shape index (κ3) is 3.22. The van der Waals surface area contributed by atoms with E-state index >= 15 is 0 Å². The average molecular weight is 197 g/mol. The molecule has 0 unspecified atom stereocenters. The molecule has 0 aromatic rings. The highest BCUT2D eigenvalue weighted by atomic mass is 14.9. The topological polar surface area (TPSA) is 12.0 Å². The second-order valence-corrected chi connectivity index (χ2v) is 3.53. The van der Waals surface area contributed by atoms with E-state index in [1.54, 1.807) is 0 Å². The maximum atomic E-state index is 3.51. The quantitative estimate of drug-likeness (QED) is 0.717. The van der Waals surface area contributed by atoms with E-state index < -0.39 is 0 Å². The Kier molecular flexibility index (Phi) is 3.53. The second-order valence-electron chi connectivity index (χ2n) is 3.53. The highest BCUT2D eigenvalue weighted by molar-refractivity contribution is 5.26. The van der Waals surface area contributed by atoms with Crippen molar-refractivity contribution < 1.29 is 0 Å². The van der Waals surface area contributed by atoms with Crippen molar-refractivity contribution in [1.82, 2.24) is 5.32 Å². The fourth-order valence-electron chi connectivity index (χ4n) is 1.56. The van der Waals surface area contributed by atoms with Gasteiger partial charge < -0.3 is 0 Å². The van der Waals surface area contributed by atoms with Crippen LogP contribution in [0.15, 0.2) is 72.9 Å². The molecule has 0 aromatic heterocycles. The normalized spacial score (nSPS) is 20.8. The fraction of sp³-hybridized carbons (Fsp3) is 0.143. The Hall–Kier alpha value is -1.60. The van der Waals surface area contributed by atoms with Crippen molar-refractivity contribution in [3.8, 4) is 0 Å². The van der Waals surface area contributed by atoms with Crippen molar-refractivity contribution in [2.45, 2.75) is 12.1 Å². The van der Waals surface area contributed by atoms with Crippen LogP contribution in [-0.4, -0.2) is 12.1 Å². The highest BCUT2D eigenvalue weighted by Gasteiger charge is 2.05. The molecule has 1 heteroatoms. The van der Waals surface area contributed by atoms with Crippen LogP contribution >= 0.6 is 0 Å². The minimum Gasteiger partial charge on any atom is -0.297 e. The lowest BCUT2D eigenvalue weighted by Gasteiger charge is -2.15. The van der Waals surface area contributed by atoms with Gasteiger partial charge in [-0.2, -0.15) is 0 Å². The molecule has 0 bridgehead atoms. The van der Waals surface area contributed by atoms with Gasteiger partial charge >= 0.3 is 0 Å². The van der Waals surface area contributed by atoms with Crippen LogP contribution in [-0.2, 0) is 0 Å². The first kappa shape index (κ1) is 9.94. The molecular weight excluding hydrogens is 182 g/mol. The van der Waals surface area contributed by atoms with Gasteiger partial charge in [-0.25, -0.2) is 0 Å². The zero-order valence-electron chi connectivity index (χ0n) is 8.58. The lowest BCUT2D eigenvalue weighted by molar-refractivity contribution is 0.660. The van der Waals surface area contributed by atoms with Crippen molar-refractivity contribution in [2.24, 2.45) is 0 Å². The SMILES string of the molecule is C1=CC=CC(NC2C=CC=CC=C2)C=C1. The van der Waals surface area contributed by atoms with E-state index in [2.05, 4.69) is 53.9 Å². The lowest BCUT2D eigenvalue weighted by Crippen LogP contribution is -2.33. The van der Waals surface area contributed by atoms with Gasteiger partial charge in [-0.1, -0.05) is 72.9 Å². The van der Waals surface area contributed by atoms with Crippen LogP contribution in [0.25, 0.3) is 0 Å². The summed E-state index contributed by atoms with van der Waals surface area (Å²) in [4.78, 5) is 0. The van der Waals surface area contributed by atoms with E-state index in [-0.39, 0.29) is 0 Å². The average Bonchev–Trinajstić information content (AvgIpc) is 2.63. The third-order valence-corrected chi connectivity index (χ3v) is 2.33. The number of allylic oxidation sites excluding steroid dienone is 8. The van der Waals surface area contributed by atoms with Crippen molar-refractivity contribution in [3.63, 3.8) is 0 Å². The third-order valence-electron chi connectivity index (χ3n) is 2.33. The minimum absolute atomic E-state index is 0.303. The number of rotatable bonds is 2. The standard InChI is InChI=1S/C14H15N/c1-2-6-10-13(9-5-1)15-14-11-7-3-4-8-12-14/h1-15H. The van der Waals surface area contributed by atoms with Crippen LogP contribution in [0.2, 0.25) is 0 Å². The molecule has 0 fully saturated rings. The van der Waals surface area contributed by atoms with Gasteiger partial charge in [0.05, 0.1) is 0 Å². The summed E-state index contributed by atoms with van der Waals surface area (Å²) >= 11 is 0. The van der Waals surface area contributed by atoms with Gasteiger partial charge in [0.15, 0.2) is 0 Å². The molecule has 0 saturated carbocycles. The lowest BCUT2D eigenvalue weighted by atomic mass is 10.2. The van der Waals surface area contributed by atoms with Crippen LogP contribution in [0.3, 0.4) is 0 Å². The molecule has 2 aliphatic rings. The summed E-state index contributed by atoms with van der Waals surface area (Å²) in [6.07, 6.45) is 25.0. The first-order chi connectivity index (χ1) is 7.45. The molecule has 0 amide bonds. The van der Waals surface area contributed by atoms with Gasteiger partial charge in [-0.05, 0) is 0 Å². The van der Waals surface area contributed by atoms with E-state index in [4.69, 9.17) is 0 Å². The zero-order chi connectivity index (χ0) is 10.3. The maximum absolute atomic E-state index is 3.51. The molecule has 1 N–H and O–H groups in total. The van der Waals surface area contributed by atoms with Crippen LogP contribution in [0.1, 0.15) is 0 Å². The van der Waals surface area contributed by atoms with Gasteiger partial charge in [0.2, 0.25) is 0 Å². The smallest absolute Gasteiger partial charge is 0.0448 e. The van der Waals surface area contributed by atoms with Crippen molar-refractivity contribution in [1.29, 1.82) is 0 Å². The van der Waals surface area contributed by atoms with Gasteiger partial charge in [0.1, 0.15) is 0 Å². The predicted molar refractivity (Wildman–Crippen MR) is 65.6 cm³/mol. The summed E-state index contributed by atoms with van der Waals surface area (Å²) in [6, 6.07) is 0.606. The molecule has 15 heavy (non-hydrogen) atoms. The summed E-state index contributed by atoms with van der Waals surface area (Å²) in [5.41, 5.74) is 0. The van der Waals surface area contributed by atoms with E-state index in [9.17, 15) is 0 Å². The Morgan fingerprint density at radius 3 is 1.13 bits per heavy atom. The van der Waals surface area contributed by atoms with Crippen LogP contribution in [0, 0.1) is 0 Å². The molecule has 2 rings (SSSR count). The molecule has 0 aromatic carbocycles. The van der Waals surface area contributed by atoms with Crippen molar-refractivity contribution in [2.75, 3.05) is 0 Å². The zero-order valence-corrected chi connectivity index (χ0v) is 8.58. The largest absolute Gasteiger partial charge is 0.297 e. The Morgan fingerprint density at radius 2 is 0.800 bits per heavy atom. The van der Waals surface area contributed by atoms with Gasteiger partial charge in [0.25, 0.3) is 0 Å². The number of hydrogen-bond acceptors (Lipinski definition) is 1. The van der Waals surface area contributed by atoms with Gasteiger partial charge in [0, 0.05) is 12.1 Å². The molecule has 0 saturated heterocycles. The van der Waals surface area contributed by atoms with E-state index in [0.29, 0.717) is 12.1 Å². The van der Waals surface area contributed by atoms with Crippen LogP contribution in [0.4, 0.5) is 0 Å². The number of nitrogens with one attached hydrogen (secondary N) is 1.